The summed E-state index contributed by atoms with van der Waals surface area (Å²) in [6, 6.07) is 3.82. The molecule has 0 unspecified atom stereocenters. The van der Waals surface area contributed by atoms with Crippen molar-refractivity contribution < 1.29 is 4.79 Å². The van der Waals surface area contributed by atoms with Gasteiger partial charge in [-0.2, -0.15) is 0 Å². The summed E-state index contributed by atoms with van der Waals surface area (Å²) in [7, 11) is 0. The molecule has 128 valence electrons. The maximum atomic E-state index is 13.1. The van der Waals surface area contributed by atoms with Crippen LogP contribution in [0.2, 0.25) is 0 Å². The highest BCUT2D eigenvalue weighted by atomic mass is 16.2. The molecule has 2 rings (SSSR count). The van der Waals surface area contributed by atoms with Crippen molar-refractivity contribution in [3.63, 3.8) is 0 Å². The second-order valence-corrected chi connectivity index (χ2v) is 6.45. The third kappa shape index (κ3) is 4.46. The molecule has 1 aromatic heterocycles. The van der Waals surface area contributed by atoms with Gasteiger partial charge in [0.2, 0.25) is 0 Å². The van der Waals surface area contributed by atoms with Crippen LogP contribution >= 0.6 is 0 Å². The van der Waals surface area contributed by atoms with Crippen LogP contribution in [0.4, 0.5) is 5.82 Å². The summed E-state index contributed by atoms with van der Waals surface area (Å²) in [5.41, 5.74) is 0.766. The van der Waals surface area contributed by atoms with Crippen LogP contribution in [-0.2, 0) is 0 Å². The summed E-state index contributed by atoms with van der Waals surface area (Å²) in [5, 5.41) is 0. The number of piperidine rings is 1. The number of hydrogen-bond donors (Lipinski definition) is 0. The maximum absolute atomic E-state index is 13.1. The molecule has 4 heteroatoms. The van der Waals surface area contributed by atoms with Gasteiger partial charge in [-0.25, -0.2) is 4.98 Å². The molecule has 0 N–H and O–H groups in total. The van der Waals surface area contributed by atoms with Gasteiger partial charge in [0.25, 0.3) is 5.91 Å². The number of carbonyl (C=O) groups excluding carboxylic acids is 1. The highest BCUT2D eigenvalue weighted by Crippen LogP contribution is 2.23. The van der Waals surface area contributed by atoms with Gasteiger partial charge in [0.05, 0.1) is 5.56 Å². The average molecular weight is 317 g/mol. The van der Waals surface area contributed by atoms with E-state index < -0.39 is 0 Å². The Morgan fingerprint density at radius 3 is 2.52 bits per heavy atom. The maximum Gasteiger partial charge on any atom is 0.257 e. The van der Waals surface area contributed by atoms with Crippen molar-refractivity contribution in [1.82, 2.24) is 9.88 Å². The van der Waals surface area contributed by atoms with Gasteiger partial charge in [0.1, 0.15) is 5.82 Å². The second kappa shape index (κ2) is 8.90. The van der Waals surface area contributed by atoms with Crippen LogP contribution < -0.4 is 4.90 Å². The fraction of sp³-hybridized carbons (Fsp3) is 0.684. The molecule has 1 aliphatic heterocycles. The van der Waals surface area contributed by atoms with Crippen LogP contribution in [0, 0.1) is 5.92 Å². The zero-order valence-electron chi connectivity index (χ0n) is 14.9. The van der Waals surface area contributed by atoms with Gasteiger partial charge in [-0.3, -0.25) is 4.79 Å². The molecular formula is C19H31N3O. The van der Waals surface area contributed by atoms with Crippen LogP contribution in [0.1, 0.15) is 63.2 Å². The molecule has 4 nitrogen and oxygen atoms in total. The lowest BCUT2D eigenvalue weighted by Crippen LogP contribution is -2.37. The lowest BCUT2D eigenvalue weighted by molar-refractivity contribution is 0.0735. The van der Waals surface area contributed by atoms with Gasteiger partial charge >= 0.3 is 0 Å². The molecule has 1 aromatic rings. The third-order valence-electron chi connectivity index (χ3n) is 4.97. The van der Waals surface area contributed by atoms with E-state index in [-0.39, 0.29) is 5.91 Å². The number of pyridine rings is 1. The molecule has 1 aliphatic rings. The number of carbonyl (C=O) groups is 1. The predicted molar refractivity (Wildman–Crippen MR) is 96.0 cm³/mol. The molecule has 23 heavy (non-hydrogen) atoms. The predicted octanol–water partition coefficient (Wildman–Crippen LogP) is 3.97. The second-order valence-electron chi connectivity index (χ2n) is 6.45. The summed E-state index contributed by atoms with van der Waals surface area (Å²) in [4.78, 5) is 21.9. The van der Waals surface area contributed by atoms with E-state index in [2.05, 4.69) is 30.7 Å². The van der Waals surface area contributed by atoms with Gasteiger partial charge in [0, 0.05) is 32.4 Å². The molecule has 0 aromatic carbocycles. The van der Waals surface area contributed by atoms with Gasteiger partial charge < -0.3 is 9.80 Å². The van der Waals surface area contributed by atoms with Crippen LogP contribution in [-0.4, -0.2) is 42.0 Å². The lowest BCUT2D eigenvalue weighted by atomic mass is 10.0. The van der Waals surface area contributed by atoms with Crippen molar-refractivity contribution in [1.29, 1.82) is 0 Å². The fourth-order valence-electron chi connectivity index (χ4n) is 3.31. The van der Waals surface area contributed by atoms with Crippen LogP contribution in [0.25, 0.3) is 0 Å². The normalized spacial score (nSPS) is 15.0. The third-order valence-corrected chi connectivity index (χ3v) is 4.97. The zero-order valence-corrected chi connectivity index (χ0v) is 14.9. The Balaban J connectivity index is 2.20. The summed E-state index contributed by atoms with van der Waals surface area (Å²) in [6.07, 6.45) is 7.70. The van der Waals surface area contributed by atoms with Crippen molar-refractivity contribution in [2.45, 2.75) is 52.9 Å². The molecule has 0 saturated carbocycles. The Bertz CT molecular complexity index is 493. The van der Waals surface area contributed by atoms with Crippen molar-refractivity contribution in [2.24, 2.45) is 5.92 Å². The van der Waals surface area contributed by atoms with Crippen molar-refractivity contribution >= 4 is 11.7 Å². The van der Waals surface area contributed by atoms with E-state index in [9.17, 15) is 4.79 Å². The average Bonchev–Trinajstić information content (AvgIpc) is 2.63. The van der Waals surface area contributed by atoms with Gasteiger partial charge in [-0.05, 0) is 44.2 Å². The van der Waals surface area contributed by atoms with E-state index in [1.165, 1.54) is 19.3 Å². The standard InChI is InChI=1S/C19H31N3O/c1-4-16(5-2)15-21(6-3)19(23)17-11-10-12-20-18(17)22-13-8-7-9-14-22/h10-12,16H,4-9,13-15H2,1-3H3. The summed E-state index contributed by atoms with van der Waals surface area (Å²) >= 11 is 0. The molecule has 0 aliphatic carbocycles. The zero-order chi connectivity index (χ0) is 16.7. The minimum atomic E-state index is 0.132. The summed E-state index contributed by atoms with van der Waals surface area (Å²) in [6.45, 7) is 10.1. The molecule has 0 bridgehead atoms. The lowest BCUT2D eigenvalue weighted by Gasteiger charge is -2.31. The molecule has 2 heterocycles. The first kappa shape index (κ1) is 17.8. The van der Waals surface area contributed by atoms with Crippen LogP contribution in [0.5, 0.6) is 0 Å². The largest absolute Gasteiger partial charge is 0.356 e. The van der Waals surface area contributed by atoms with E-state index in [1.54, 1.807) is 6.20 Å². The Kier molecular flexibility index (Phi) is 6.87. The molecule has 0 radical (unpaired) electrons. The van der Waals surface area contributed by atoms with Crippen molar-refractivity contribution in [3.05, 3.63) is 23.9 Å². The summed E-state index contributed by atoms with van der Waals surface area (Å²) < 4.78 is 0. The summed E-state index contributed by atoms with van der Waals surface area (Å²) in [5.74, 6) is 1.59. The first-order valence-corrected chi connectivity index (χ1v) is 9.20. The van der Waals surface area contributed by atoms with Crippen molar-refractivity contribution in [2.75, 3.05) is 31.1 Å². The molecule has 0 spiro atoms. The first-order chi connectivity index (χ1) is 11.2. The van der Waals surface area contributed by atoms with E-state index >= 15 is 0 Å². The van der Waals surface area contributed by atoms with Gasteiger partial charge in [-0.1, -0.05) is 26.7 Å². The number of nitrogens with zero attached hydrogens (tertiary/aromatic N) is 3. The number of rotatable bonds is 7. The fourth-order valence-corrected chi connectivity index (χ4v) is 3.31. The van der Waals surface area contributed by atoms with Crippen LogP contribution in [0.3, 0.4) is 0 Å². The Morgan fingerprint density at radius 2 is 1.91 bits per heavy atom. The Hall–Kier alpha value is -1.58. The molecule has 1 saturated heterocycles. The Morgan fingerprint density at radius 1 is 1.22 bits per heavy atom. The number of hydrogen-bond acceptors (Lipinski definition) is 3. The minimum Gasteiger partial charge on any atom is -0.356 e. The highest BCUT2D eigenvalue weighted by molar-refractivity contribution is 5.98. The number of amides is 1. The van der Waals surface area contributed by atoms with E-state index in [0.29, 0.717) is 5.92 Å². The quantitative estimate of drug-likeness (QED) is 0.763. The number of aromatic nitrogens is 1. The van der Waals surface area contributed by atoms with E-state index in [1.807, 2.05) is 17.0 Å². The Labute approximate surface area is 140 Å². The van der Waals surface area contributed by atoms with E-state index in [0.717, 1.165) is 50.4 Å². The molecule has 1 amide bonds. The monoisotopic (exact) mass is 317 g/mol. The van der Waals surface area contributed by atoms with Crippen LogP contribution in [0.15, 0.2) is 18.3 Å². The van der Waals surface area contributed by atoms with Crippen molar-refractivity contribution in [3.8, 4) is 0 Å². The highest BCUT2D eigenvalue weighted by Gasteiger charge is 2.23. The first-order valence-electron chi connectivity index (χ1n) is 9.20. The molecule has 1 fully saturated rings. The minimum absolute atomic E-state index is 0.132. The smallest absolute Gasteiger partial charge is 0.257 e. The topological polar surface area (TPSA) is 36.4 Å². The molecular weight excluding hydrogens is 286 g/mol. The number of anilines is 1. The van der Waals surface area contributed by atoms with E-state index in [4.69, 9.17) is 0 Å². The molecule has 0 atom stereocenters. The SMILES string of the molecule is CCC(CC)CN(CC)C(=O)c1cccnc1N1CCCCC1. The van der Waals surface area contributed by atoms with Gasteiger partial charge in [0.15, 0.2) is 0 Å². The van der Waals surface area contributed by atoms with Gasteiger partial charge in [-0.15, -0.1) is 0 Å².